The van der Waals surface area contributed by atoms with Crippen molar-refractivity contribution in [2.24, 2.45) is 5.41 Å². The Hall–Kier alpha value is -0.0800. The quantitative estimate of drug-likeness (QED) is 0.816. The lowest BCUT2D eigenvalue weighted by Gasteiger charge is -2.49. The summed E-state index contributed by atoms with van der Waals surface area (Å²) in [6.07, 6.45) is 11.8. The van der Waals surface area contributed by atoms with Crippen LogP contribution in [0.5, 0.6) is 0 Å². The van der Waals surface area contributed by atoms with Gasteiger partial charge in [0.15, 0.2) is 0 Å². The molecule has 0 heterocycles. The second kappa shape index (κ2) is 4.55. The molecule has 2 unspecified atom stereocenters. The van der Waals surface area contributed by atoms with E-state index in [9.17, 15) is 5.11 Å². The molecule has 0 aromatic heterocycles. The summed E-state index contributed by atoms with van der Waals surface area (Å²) >= 11 is 0. The maximum absolute atomic E-state index is 10.0. The van der Waals surface area contributed by atoms with E-state index in [-0.39, 0.29) is 6.10 Å². The standard InChI is InChI=1S/C15H27NO/c1-2-16(12-5-6-12)14-11-13(17)7-10-15(14)8-3-4-9-15/h12-14,17H,2-11H2,1H3. The van der Waals surface area contributed by atoms with E-state index in [2.05, 4.69) is 11.8 Å². The predicted molar refractivity (Wildman–Crippen MR) is 69.9 cm³/mol. The van der Waals surface area contributed by atoms with Crippen LogP contribution in [0.25, 0.3) is 0 Å². The molecule has 0 radical (unpaired) electrons. The fraction of sp³-hybridized carbons (Fsp3) is 1.00. The largest absolute Gasteiger partial charge is 0.393 e. The Balaban J connectivity index is 1.80. The van der Waals surface area contributed by atoms with Crippen LogP contribution in [-0.2, 0) is 0 Å². The second-order valence-corrected chi connectivity index (χ2v) is 6.58. The molecule has 0 aromatic rings. The maximum Gasteiger partial charge on any atom is 0.0555 e. The highest BCUT2D eigenvalue weighted by Gasteiger charge is 2.49. The summed E-state index contributed by atoms with van der Waals surface area (Å²) in [6.45, 7) is 3.49. The molecular formula is C15H27NO. The number of aliphatic hydroxyl groups is 1. The first-order valence-corrected chi connectivity index (χ1v) is 7.69. The topological polar surface area (TPSA) is 23.5 Å². The normalized spacial score (nSPS) is 36.9. The highest BCUT2D eigenvalue weighted by molar-refractivity contribution is 5.03. The summed E-state index contributed by atoms with van der Waals surface area (Å²) < 4.78 is 0. The maximum atomic E-state index is 10.0. The van der Waals surface area contributed by atoms with Gasteiger partial charge in [-0.2, -0.15) is 0 Å². The average molecular weight is 237 g/mol. The van der Waals surface area contributed by atoms with Crippen LogP contribution in [-0.4, -0.2) is 34.7 Å². The molecule has 0 bridgehead atoms. The van der Waals surface area contributed by atoms with E-state index in [4.69, 9.17) is 0 Å². The lowest BCUT2D eigenvalue weighted by Crippen LogP contribution is -2.52. The van der Waals surface area contributed by atoms with E-state index in [0.717, 1.165) is 18.9 Å². The van der Waals surface area contributed by atoms with Crippen molar-refractivity contribution >= 4 is 0 Å². The van der Waals surface area contributed by atoms with Crippen LogP contribution in [0.2, 0.25) is 0 Å². The van der Waals surface area contributed by atoms with Gasteiger partial charge in [-0.15, -0.1) is 0 Å². The zero-order chi connectivity index (χ0) is 11.9. The SMILES string of the molecule is CCN(C1CC1)C1CC(O)CCC12CCCC2. The number of hydrogen-bond donors (Lipinski definition) is 1. The first-order valence-electron chi connectivity index (χ1n) is 7.69. The summed E-state index contributed by atoms with van der Waals surface area (Å²) in [5.74, 6) is 0. The molecule has 2 heteroatoms. The zero-order valence-electron chi connectivity index (χ0n) is 11.2. The molecule has 0 aromatic carbocycles. The van der Waals surface area contributed by atoms with Gasteiger partial charge in [-0.1, -0.05) is 19.8 Å². The highest BCUT2D eigenvalue weighted by Crippen LogP contribution is 2.52. The Morgan fingerprint density at radius 3 is 2.41 bits per heavy atom. The molecule has 0 amide bonds. The van der Waals surface area contributed by atoms with Gasteiger partial charge in [0, 0.05) is 12.1 Å². The fourth-order valence-corrected chi connectivity index (χ4v) is 4.53. The molecule has 1 N–H and O–H groups in total. The lowest BCUT2D eigenvalue weighted by molar-refractivity contribution is -0.0281. The van der Waals surface area contributed by atoms with E-state index in [1.165, 1.54) is 51.5 Å². The van der Waals surface area contributed by atoms with E-state index in [1.54, 1.807) is 0 Å². The van der Waals surface area contributed by atoms with Crippen LogP contribution < -0.4 is 0 Å². The monoisotopic (exact) mass is 237 g/mol. The van der Waals surface area contributed by atoms with Crippen molar-refractivity contribution in [3.63, 3.8) is 0 Å². The molecule has 2 nitrogen and oxygen atoms in total. The minimum Gasteiger partial charge on any atom is -0.393 e. The van der Waals surface area contributed by atoms with Crippen molar-refractivity contribution in [3.05, 3.63) is 0 Å². The van der Waals surface area contributed by atoms with Crippen molar-refractivity contribution in [1.82, 2.24) is 4.90 Å². The van der Waals surface area contributed by atoms with Gasteiger partial charge in [-0.05, 0) is 56.9 Å². The van der Waals surface area contributed by atoms with Crippen molar-refractivity contribution in [1.29, 1.82) is 0 Å². The Morgan fingerprint density at radius 2 is 1.82 bits per heavy atom. The molecule has 2 atom stereocenters. The predicted octanol–water partition coefficient (Wildman–Crippen LogP) is 2.94. The van der Waals surface area contributed by atoms with Crippen LogP contribution in [0.3, 0.4) is 0 Å². The van der Waals surface area contributed by atoms with Crippen molar-refractivity contribution < 1.29 is 5.11 Å². The van der Waals surface area contributed by atoms with Crippen LogP contribution in [0, 0.1) is 5.41 Å². The first-order chi connectivity index (χ1) is 8.25. The zero-order valence-corrected chi connectivity index (χ0v) is 11.2. The van der Waals surface area contributed by atoms with Gasteiger partial charge in [0.2, 0.25) is 0 Å². The summed E-state index contributed by atoms with van der Waals surface area (Å²) in [5, 5.41) is 10.0. The second-order valence-electron chi connectivity index (χ2n) is 6.58. The molecule has 98 valence electrons. The van der Waals surface area contributed by atoms with Crippen molar-refractivity contribution in [3.8, 4) is 0 Å². The lowest BCUT2D eigenvalue weighted by atomic mass is 9.67. The molecule has 3 aliphatic carbocycles. The third-order valence-corrected chi connectivity index (χ3v) is 5.56. The molecule has 3 saturated carbocycles. The molecule has 3 fully saturated rings. The molecule has 0 saturated heterocycles. The molecule has 3 aliphatic rings. The van der Waals surface area contributed by atoms with E-state index >= 15 is 0 Å². The minimum atomic E-state index is -0.0287. The highest BCUT2D eigenvalue weighted by atomic mass is 16.3. The summed E-state index contributed by atoms with van der Waals surface area (Å²) in [5.41, 5.74) is 0.581. The Labute approximate surface area is 105 Å². The Kier molecular flexibility index (Phi) is 3.20. The van der Waals surface area contributed by atoms with E-state index in [0.29, 0.717) is 11.5 Å². The van der Waals surface area contributed by atoms with Crippen LogP contribution in [0.1, 0.15) is 64.7 Å². The van der Waals surface area contributed by atoms with Gasteiger partial charge >= 0.3 is 0 Å². The molecule has 1 spiro atoms. The molecular weight excluding hydrogens is 210 g/mol. The molecule has 17 heavy (non-hydrogen) atoms. The molecule has 0 aliphatic heterocycles. The third kappa shape index (κ3) is 2.15. The smallest absolute Gasteiger partial charge is 0.0555 e. The fourth-order valence-electron chi connectivity index (χ4n) is 4.53. The van der Waals surface area contributed by atoms with Crippen LogP contribution in [0.4, 0.5) is 0 Å². The molecule has 3 rings (SSSR count). The van der Waals surface area contributed by atoms with Gasteiger partial charge in [-0.25, -0.2) is 0 Å². The van der Waals surface area contributed by atoms with Crippen LogP contribution >= 0.6 is 0 Å². The average Bonchev–Trinajstić information content (AvgIpc) is 3.05. The van der Waals surface area contributed by atoms with Crippen molar-refractivity contribution in [2.45, 2.75) is 82.9 Å². The number of nitrogens with zero attached hydrogens (tertiary/aromatic N) is 1. The number of rotatable bonds is 3. The number of aliphatic hydroxyl groups excluding tert-OH is 1. The third-order valence-electron chi connectivity index (χ3n) is 5.56. The van der Waals surface area contributed by atoms with Gasteiger partial charge in [0.05, 0.1) is 6.10 Å². The minimum absolute atomic E-state index is 0.0287. The van der Waals surface area contributed by atoms with Gasteiger partial charge in [0.1, 0.15) is 0 Å². The Morgan fingerprint density at radius 1 is 1.12 bits per heavy atom. The van der Waals surface area contributed by atoms with Gasteiger partial charge in [0.25, 0.3) is 0 Å². The van der Waals surface area contributed by atoms with Crippen LogP contribution in [0.15, 0.2) is 0 Å². The Bertz CT molecular complexity index is 268. The number of hydrogen-bond acceptors (Lipinski definition) is 2. The van der Waals surface area contributed by atoms with E-state index < -0.39 is 0 Å². The summed E-state index contributed by atoms with van der Waals surface area (Å²) in [6, 6.07) is 1.54. The summed E-state index contributed by atoms with van der Waals surface area (Å²) in [7, 11) is 0. The van der Waals surface area contributed by atoms with Gasteiger partial charge in [-0.3, -0.25) is 4.90 Å². The van der Waals surface area contributed by atoms with Crippen molar-refractivity contribution in [2.75, 3.05) is 6.54 Å². The first kappa shape index (κ1) is 12.0. The van der Waals surface area contributed by atoms with E-state index in [1.807, 2.05) is 0 Å². The summed E-state index contributed by atoms with van der Waals surface area (Å²) in [4.78, 5) is 2.74. The van der Waals surface area contributed by atoms with Gasteiger partial charge < -0.3 is 5.11 Å².